The summed E-state index contributed by atoms with van der Waals surface area (Å²) < 4.78 is 54.9. The smallest absolute Gasteiger partial charge is 0.330 e. The molecule has 1 heterocycles. The molecule has 61 heavy (non-hydrogen) atoms. The SMILES string of the molecule is CCCCCCCC(=O)O[C@H]1/C(=C/C(=O)OC)C[C@@H](CC(OCc2ccc(OC)cc2)C(C)OCc2ccccc2)O[C@@]1(OC)C(C)(C)/C=C/COCc1ccc(OC)cc1. The lowest BCUT2D eigenvalue weighted by Crippen LogP contribution is -2.63. The lowest BCUT2D eigenvalue weighted by atomic mass is 9.74. The zero-order chi connectivity index (χ0) is 44.1. The van der Waals surface area contributed by atoms with Crippen LogP contribution in [-0.2, 0) is 62.6 Å². The number of hydrogen-bond donors (Lipinski definition) is 0. The molecule has 1 aliphatic heterocycles. The molecular weight excluding hydrogens is 777 g/mol. The monoisotopic (exact) mass is 844 g/mol. The summed E-state index contributed by atoms with van der Waals surface area (Å²) in [4.78, 5) is 26.8. The Labute approximate surface area is 363 Å². The Bertz CT molecular complexity index is 1790. The van der Waals surface area contributed by atoms with Gasteiger partial charge in [0, 0.05) is 31.4 Å². The molecule has 1 fully saturated rings. The van der Waals surface area contributed by atoms with Crippen molar-refractivity contribution in [1.29, 1.82) is 0 Å². The van der Waals surface area contributed by atoms with E-state index in [9.17, 15) is 9.59 Å². The zero-order valence-corrected chi connectivity index (χ0v) is 37.5. The van der Waals surface area contributed by atoms with E-state index in [-0.39, 0.29) is 18.9 Å². The van der Waals surface area contributed by atoms with Gasteiger partial charge in [-0.2, -0.15) is 0 Å². The van der Waals surface area contributed by atoms with E-state index < -0.39 is 41.5 Å². The summed E-state index contributed by atoms with van der Waals surface area (Å²) in [5.74, 6) is -1.03. The van der Waals surface area contributed by atoms with Gasteiger partial charge in [-0.25, -0.2) is 4.79 Å². The van der Waals surface area contributed by atoms with E-state index >= 15 is 0 Å². The highest BCUT2D eigenvalue weighted by Gasteiger charge is 2.59. The predicted octanol–water partition coefficient (Wildman–Crippen LogP) is 9.89. The van der Waals surface area contributed by atoms with Crippen LogP contribution in [0.5, 0.6) is 11.5 Å². The summed E-state index contributed by atoms with van der Waals surface area (Å²) in [7, 11) is 6.14. The first kappa shape index (κ1) is 49.1. The molecule has 4 rings (SSSR count). The maximum absolute atomic E-state index is 13.7. The normalized spacial score (nSPS) is 19.7. The van der Waals surface area contributed by atoms with Crippen LogP contribution in [0.2, 0.25) is 0 Å². The first-order chi connectivity index (χ1) is 29.5. The van der Waals surface area contributed by atoms with Crippen LogP contribution in [0.25, 0.3) is 0 Å². The molecule has 5 atom stereocenters. The Balaban J connectivity index is 1.66. The first-order valence-electron chi connectivity index (χ1n) is 21.5. The van der Waals surface area contributed by atoms with Crippen LogP contribution in [0.3, 0.4) is 0 Å². The van der Waals surface area contributed by atoms with Crippen molar-refractivity contribution in [3.05, 3.63) is 119 Å². The third-order valence-electron chi connectivity index (χ3n) is 11.1. The van der Waals surface area contributed by atoms with Crippen LogP contribution in [0, 0.1) is 5.41 Å². The second-order valence-electron chi connectivity index (χ2n) is 16.0. The third-order valence-corrected chi connectivity index (χ3v) is 11.1. The van der Waals surface area contributed by atoms with Crippen molar-refractivity contribution in [3.63, 3.8) is 0 Å². The Kier molecular flexibility index (Phi) is 20.5. The lowest BCUT2D eigenvalue weighted by molar-refractivity contribution is -0.339. The molecule has 0 amide bonds. The minimum atomic E-state index is -1.59. The van der Waals surface area contributed by atoms with Gasteiger partial charge in [0.2, 0.25) is 5.79 Å². The van der Waals surface area contributed by atoms with Crippen molar-refractivity contribution < 1.29 is 52.2 Å². The molecule has 1 aliphatic rings. The number of carbonyl (C=O) groups is 2. The Morgan fingerprint density at radius 3 is 2.02 bits per heavy atom. The number of ether oxygens (including phenoxy) is 9. The molecule has 0 saturated carbocycles. The van der Waals surface area contributed by atoms with Crippen molar-refractivity contribution in [2.45, 2.75) is 129 Å². The van der Waals surface area contributed by atoms with Gasteiger partial charge >= 0.3 is 11.9 Å². The molecule has 0 aliphatic carbocycles. The van der Waals surface area contributed by atoms with E-state index in [1.54, 1.807) is 21.3 Å². The largest absolute Gasteiger partial charge is 0.497 e. The minimum absolute atomic E-state index is 0.224. The van der Waals surface area contributed by atoms with Gasteiger partial charge in [0.15, 0.2) is 6.10 Å². The standard InChI is InChI=1S/C50H68O11/c1-9-10-11-12-16-20-46(51)60-48-41(32-47(52)55-7)31-44(61-50(48,56-8)49(3,4)29-17-30-57-34-39-21-25-42(53-5)26-22-39)33-45(37(2)58-35-38-18-14-13-15-19-38)59-36-40-23-27-43(54-6)28-24-40/h13-15,17-19,21-29,32,37,44-45,48H,9-12,16,20,30-31,33-36H2,1-8H3/b29-17+,41-32+/t37?,44-,45?,48-,50+/m0/s1. The molecular formula is C50H68O11. The van der Waals surface area contributed by atoms with Gasteiger partial charge in [0.05, 0.1) is 66.1 Å². The van der Waals surface area contributed by atoms with Gasteiger partial charge in [0.1, 0.15) is 11.5 Å². The highest BCUT2D eigenvalue weighted by atomic mass is 16.7. The van der Waals surface area contributed by atoms with Gasteiger partial charge in [-0.1, -0.05) is 113 Å². The maximum atomic E-state index is 13.7. The lowest BCUT2D eigenvalue weighted by Gasteiger charge is -2.53. The van der Waals surface area contributed by atoms with E-state index in [2.05, 4.69) is 6.92 Å². The molecule has 3 aromatic carbocycles. The van der Waals surface area contributed by atoms with E-state index in [4.69, 9.17) is 42.6 Å². The van der Waals surface area contributed by atoms with Crippen molar-refractivity contribution in [1.82, 2.24) is 0 Å². The van der Waals surface area contributed by atoms with Crippen LogP contribution in [0.1, 0.15) is 95.8 Å². The van der Waals surface area contributed by atoms with E-state index in [0.29, 0.717) is 44.8 Å². The Morgan fingerprint density at radius 2 is 1.41 bits per heavy atom. The number of carbonyl (C=O) groups excluding carboxylic acids is 2. The van der Waals surface area contributed by atoms with Crippen molar-refractivity contribution in [2.75, 3.05) is 35.0 Å². The van der Waals surface area contributed by atoms with Crippen LogP contribution in [0.15, 0.2) is 103 Å². The molecule has 0 spiro atoms. The molecule has 2 unspecified atom stereocenters. The minimum Gasteiger partial charge on any atom is -0.497 e. The molecule has 0 aromatic heterocycles. The van der Waals surface area contributed by atoms with E-state index in [1.807, 2.05) is 112 Å². The quantitative estimate of drug-likeness (QED) is 0.0333. The van der Waals surface area contributed by atoms with Crippen LogP contribution >= 0.6 is 0 Å². The number of rotatable bonds is 26. The molecule has 0 bridgehead atoms. The Morgan fingerprint density at radius 1 is 0.803 bits per heavy atom. The molecule has 3 aromatic rings. The van der Waals surface area contributed by atoms with Crippen molar-refractivity contribution in [3.8, 4) is 11.5 Å². The molecule has 11 heteroatoms. The fourth-order valence-corrected chi connectivity index (χ4v) is 7.48. The zero-order valence-electron chi connectivity index (χ0n) is 37.5. The second kappa shape index (κ2) is 25.4. The van der Waals surface area contributed by atoms with Gasteiger partial charge < -0.3 is 42.6 Å². The highest BCUT2D eigenvalue weighted by molar-refractivity contribution is 5.83. The average molecular weight is 845 g/mol. The maximum Gasteiger partial charge on any atom is 0.330 e. The average Bonchev–Trinajstić information content (AvgIpc) is 3.27. The summed E-state index contributed by atoms with van der Waals surface area (Å²) in [5, 5.41) is 0. The number of esters is 2. The van der Waals surface area contributed by atoms with Crippen LogP contribution in [-0.4, -0.2) is 77.2 Å². The summed E-state index contributed by atoms with van der Waals surface area (Å²) in [6.45, 7) is 9.46. The molecule has 334 valence electrons. The number of hydrogen-bond acceptors (Lipinski definition) is 11. The first-order valence-corrected chi connectivity index (χ1v) is 21.5. The molecule has 0 N–H and O–H groups in total. The summed E-state index contributed by atoms with van der Waals surface area (Å²) in [6.07, 6.45) is 8.48. The number of benzene rings is 3. The van der Waals surface area contributed by atoms with Crippen LogP contribution < -0.4 is 9.47 Å². The number of methoxy groups -OCH3 is 4. The van der Waals surface area contributed by atoms with Gasteiger partial charge in [-0.05, 0) is 66.3 Å². The topological polar surface area (TPSA) is 117 Å². The molecule has 0 radical (unpaired) electrons. The van der Waals surface area contributed by atoms with E-state index in [1.165, 1.54) is 13.2 Å². The van der Waals surface area contributed by atoms with Gasteiger partial charge in [0.25, 0.3) is 0 Å². The Hall–Kier alpha value is -4.52. The fraction of sp³-hybridized carbons (Fsp3) is 0.520. The van der Waals surface area contributed by atoms with Crippen LogP contribution in [0.4, 0.5) is 0 Å². The summed E-state index contributed by atoms with van der Waals surface area (Å²) in [6, 6.07) is 25.4. The predicted molar refractivity (Wildman–Crippen MR) is 235 cm³/mol. The third kappa shape index (κ3) is 15.1. The van der Waals surface area contributed by atoms with Crippen molar-refractivity contribution in [2.24, 2.45) is 5.41 Å². The number of unbranched alkanes of at least 4 members (excludes halogenated alkanes) is 4. The molecule has 1 saturated heterocycles. The van der Waals surface area contributed by atoms with Gasteiger partial charge in [-0.15, -0.1) is 0 Å². The molecule has 11 nitrogen and oxygen atoms in total. The fourth-order valence-electron chi connectivity index (χ4n) is 7.48. The van der Waals surface area contributed by atoms with Gasteiger partial charge in [-0.3, -0.25) is 4.79 Å². The summed E-state index contributed by atoms with van der Waals surface area (Å²) in [5.41, 5.74) is 2.58. The highest BCUT2D eigenvalue weighted by Crippen LogP contribution is 2.49. The summed E-state index contributed by atoms with van der Waals surface area (Å²) >= 11 is 0. The van der Waals surface area contributed by atoms with Crippen molar-refractivity contribution >= 4 is 11.9 Å². The second-order valence-corrected chi connectivity index (χ2v) is 16.0. The van der Waals surface area contributed by atoms with E-state index in [0.717, 1.165) is 53.9 Å².